The van der Waals surface area contributed by atoms with Crippen molar-refractivity contribution in [3.63, 3.8) is 0 Å². The number of aromatic hydroxyl groups is 1. The number of hydrogen-bond acceptors (Lipinski definition) is 13. The predicted octanol–water partition coefficient (Wildman–Crippen LogP) is -5.00. The second kappa shape index (κ2) is 20.5. The Bertz CT molecular complexity index is 1720. The van der Waals surface area contributed by atoms with Crippen molar-refractivity contribution in [1.82, 2.24) is 41.5 Å². The van der Waals surface area contributed by atoms with Crippen LogP contribution in [0, 0.1) is 0 Å². The number of aromatic amines is 1. The van der Waals surface area contributed by atoms with Gasteiger partial charge in [0, 0.05) is 31.3 Å². The lowest BCUT2D eigenvalue weighted by Gasteiger charge is -2.31. The van der Waals surface area contributed by atoms with Gasteiger partial charge in [0.1, 0.15) is 42.0 Å². The van der Waals surface area contributed by atoms with Crippen molar-refractivity contribution < 1.29 is 58.8 Å². The predicted molar refractivity (Wildman–Crippen MR) is 192 cm³/mol. The molecule has 1 aliphatic rings. The number of aliphatic carboxylic acids is 1. The van der Waals surface area contributed by atoms with Crippen LogP contribution in [-0.2, 0) is 51.2 Å². The SMILES string of the molecule is C[C@H](N)C(=O)N[C@H](C(=O)N1CCC[C@H]1C(=O)N[C@@H](CC(N)=O)C(=O)N[C@@H](Cc1cnc[nH]1)C(=O)N[C@@H](CO)C(=O)N[C@@H](Cc1ccc(O)cc1)C(=O)O)[C@@H](C)O. The molecular weight excluding hydrogens is 740 g/mol. The van der Waals surface area contributed by atoms with Gasteiger partial charge in [0.05, 0.1) is 31.5 Å². The molecule has 1 aromatic heterocycles. The average Bonchev–Trinajstić information content (AvgIpc) is 3.85. The van der Waals surface area contributed by atoms with Crippen LogP contribution in [-0.4, -0.2) is 144 Å². The number of hydrogen-bond donors (Lipinski definition) is 12. The van der Waals surface area contributed by atoms with E-state index in [2.05, 4.69) is 36.6 Å². The first-order valence-corrected chi connectivity index (χ1v) is 17.5. The van der Waals surface area contributed by atoms with E-state index in [1.165, 1.54) is 50.6 Å². The molecule has 0 spiro atoms. The van der Waals surface area contributed by atoms with Crippen LogP contribution in [0.5, 0.6) is 5.75 Å². The number of carboxylic acids is 1. The number of phenolic OH excluding ortho intramolecular Hbond substituents is 1. The highest BCUT2D eigenvalue weighted by Crippen LogP contribution is 2.20. The number of carbonyl (C=O) groups excluding carboxylic acids is 7. The Balaban J connectivity index is 1.77. The van der Waals surface area contributed by atoms with Crippen LogP contribution < -0.4 is 38.1 Å². The number of benzene rings is 1. The van der Waals surface area contributed by atoms with Crippen LogP contribution >= 0.6 is 0 Å². The maximum Gasteiger partial charge on any atom is 0.326 e. The molecule has 1 fully saturated rings. The highest BCUT2D eigenvalue weighted by atomic mass is 16.4. The lowest BCUT2D eigenvalue weighted by Crippen LogP contribution is -2.61. The van der Waals surface area contributed by atoms with E-state index in [0.717, 1.165) is 4.90 Å². The van der Waals surface area contributed by atoms with Gasteiger partial charge in [0.2, 0.25) is 41.4 Å². The van der Waals surface area contributed by atoms with E-state index in [9.17, 15) is 58.8 Å². The first-order valence-electron chi connectivity index (χ1n) is 17.5. The lowest BCUT2D eigenvalue weighted by atomic mass is 10.0. The number of aliphatic hydroxyl groups is 2. The second-order valence-corrected chi connectivity index (χ2v) is 13.3. The molecule has 306 valence electrons. The minimum atomic E-state index is -1.71. The number of aromatic nitrogens is 2. The zero-order valence-electron chi connectivity index (χ0n) is 30.6. The number of H-pyrrole nitrogens is 1. The van der Waals surface area contributed by atoms with E-state index in [0.29, 0.717) is 17.7 Å². The fraction of sp³-hybridized carbons (Fsp3) is 0.500. The van der Waals surface area contributed by atoms with Crippen molar-refractivity contribution in [2.75, 3.05) is 13.2 Å². The van der Waals surface area contributed by atoms with Gasteiger partial charge in [-0.15, -0.1) is 0 Å². The summed E-state index contributed by atoms with van der Waals surface area (Å²) in [6.07, 6.45) is 0.435. The van der Waals surface area contributed by atoms with E-state index >= 15 is 0 Å². The van der Waals surface area contributed by atoms with Gasteiger partial charge in [-0.1, -0.05) is 12.1 Å². The monoisotopic (exact) mass is 788 g/mol. The number of likely N-dealkylation sites (tertiary alicyclic amines) is 1. The molecule has 7 amide bonds. The third-order valence-electron chi connectivity index (χ3n) is 8.75. The molecule has 2 heterocycles. The quantitative estimate of drug-likeness (QED) is 0.0598. The molecule has 1 saturated heterocycles. The summed E-state index contributed by atoms with van der Waals surface area (Å²) in [7, 11) is 0. The van der Waals surface area contributed by atoms with Gasteiger partial charge in [0.25, 0.3) is 0 Å². The molecule has 14 N–H and O–H groups in total. The average molecular weight is 789 g/mol. The standard InChI is InChI=1S/C34H48N10O12/c1-16(35)28(49)43-27(17(2)46)33(54)44-9-3-4-25(44)32(53)40-22(12-26(36)48)30(51)39-21(11-19-13-37-15-38-19)29(50)42-24(14-45)31(52)41-23(34(55)56)10-18-5-7-20(47)8-6-18/h5-8,13,15-17,21-25,27,45-47H,3-4,9-12,14,35H2,1-2H3,(H2,36,48)(H,37,38)(H,39,51)(H,40,53)(H,41,52)(H,42,50)(H,43,49)(H,55,56)/t16-,17+,21-,22-,23-,24-,25-,27-/m0/s1. The summed E-state index contributed by atoms with van der Waals surface area (Å²) in [5.41, 5.74) is 11.7. The van der Waals surface area contributed by atoms with E-state index < -0.39 is 109 Å². The van der Waals surface area contributed by atoms with Gasteiger partial charge >= 0.3 is 5.97 Å². The Morgan fingerprint density at radius 1 is 0.875 bits per heavy atom. The molecular formula is C34H48N10O12. The molecule has 22 nitrogen and oxygen atoms in total. The molecule has 1 aliphatic heterocycles. The van der Waals surface area contributed by atoms with Crippen molar-refractivity contribution in [2.45, 2.75) is 94.3 Å². The number of carbonyl (C=O) groups is 8. The summed E-state index contributed by atoms with van der Waals surface area (Å²) < 4.78 is 0. The Morgan fingerprint density at radius 2 is 1.48 bits per heavy atom. The number of primary amides is 1. The van der Waals surface area contributed by atoms with Crippen LogP contribution in [0.15, 0.2) is 36.8 Å². The van der Waals surface area contributed by atoms with Crippen LogP contribution in [0.3, 0.4) is 0 Å². The van der Waals surface area contributed by atoms with Crippen LogP contribution in [0.4, 0.5) is 0 Å². The lowest BCUT2D eigenvalue weighted by molar-refractivity contribution is -0.144. The van der Waals surface area contributed by atoms with Crippen LogP contribution in [0.2, 0.25) is 0 Å². The molecule has 0 saturated carbocycles. The van der Waals surface area contributed by atoms with Gasteiger partial charge in [0.15, 0.2) is 0 Å². The Hall–Kier alpha value is -6.13. The van der Waals surface area contributed by atoms with Gasteiger partial charge < -0.3 is 68.4 Å². The third kappa shape index (κ3) is 12.7. The van der Waals surface area contributed by atoms with Crippen molar-refractivity contribution in [1.29, 1.82) is 0 Å². The Morgan fingerprint density at radius 3 is 2.04 bits per heavy atom. The molecule has 0 radical (unpaired) electrons. The zero-order valence-corrected chi connectivity index (χ0v) is 30.6. The molecule has 3 rings (SSSR count). The number of aliphatic hydroxyl groups excluding tert-OH is 2. The first kappa shape index (κ1) is 44.3. The summed E-state index contributed by atoms with van der Waals surface area (Å²) in [5.74, 6) is -8.12. The number of rotatable bonds is 20. The molecule has 1 aromatic carbocycles. The minimum absolute atomic E-state index is 0.0525. The molecule has 2 aromatic rings. The van der Waals surface area contributed by atoms with Crippen molar-refractivity contribution in [3.05, 3.63) is 48.0 Å². The number of nitrogens with zero attached hydrogens (tertiary/aromatic N) is 2. The Kier molecular flexibility index (Phi) is 16.2. The van der Waals surface area contributed by atoms with Crippen molar-refractivity contribution in [3.8, 4) is 5.75 Å². The molecule has 0 unspecified atom stereocenters. The largest absolute Gasteiger partial charge is 0.508 e. The summed E-state index contributed by atoms with van der Waals surface area (Å²) in [6.45, 7) is 1.70. The van der Waals surface area contributed by atoms with Crippen molar-refractivity contribution >= 4 is 47.3 Å². The van der Waals surface area contributed by atoms with Gasteiger partial charge in [-0.05, 0) is 44.4 Å². The fourth-order valence-electron chi connectivity index (χ4n) is 5.74. The maximum atomic E-state index is 13.7. The summed E-state index contributed by atoms with van der Waals surface area (Å²) in [6, 6.07) is -4.56. The molecule has 0 bridgehead atoms. The van der Waals surface area contributed by atoms with Crippen LogP contribution in [0.25, 0.3) is 0 Å². The van der Waals surface area contributed by atoms with E-state index in [1.807, 2.05) is 0 Å². The fourth-order valence-corrected chi connectivity index (χ4v) is 5.74. The maximum absolute atomic E-state index is 13.7. The number of carboxylic acid groups (broad SMARTS) is 1. The highest BCUT2D eigenvalue weighted by molar-refractivity contribution is 5.98. The summed E-state index contributed by atoms with van der Waals surface area (Å²) >= 11 is 0. The smallest absolute Gasteiger partial charge is 0.326 e. The van der Waals surface area contributed by atoms with Gasteiger partial charge in [-0.2, -0.15) is 0 Å². The zero-order chi connectivity index (χ0) is 41.7. The summed E-state index contributed by atoms with van der Waals surface area (Å²) in [5, 5.41) is 51.1. The minimum Gasteiger partial charge on any atom is -0.508 e. The Labute approximate surface area is 320 Å². The number of imidazole rings is 1. The molecule has 22 heteroatoms. The highest BCUT2D eigenvalue weighted by Gasteiger charge is 2.41. The number of amides is 7. The molecule has 0 aliphatic carbocycles. The number of nitrogens with one attached hydrogen (secondary N) is 6. The normalized spacial score (nSPS) is 17.5. The van der Waals surface area contributed by atoms with E-state index in [4.69, 9.17) is 11.5 Å². The molecule has 56 heavy (non-hydrogen) atoms. The van der Waals surface area contributed by atoms with Crippen LogP contribution in [0.1, 0.15) is 44.4 Å². The van der Waals surface area contributed by atoms with E-state index in [1.54, 1.807) is 0 Å². The second-order valence-electron chi connectivity index (χ2n) is 13.3. The topological polar surface area (TPSA) is 362 Å². The number of phenols is 1. The van der Waals surface area contributed by atoms with Gasteiger partial charge in [-0.25, -0.2) is 9.78 Å². The summed E-state index contributed by atoms with van der Waals surface area (Å²) in [4.78, 5) is 111. The van der Waals surface area contributed by atoms with E-state index in [-0.39, 0.29) is 31.6 Å². The first-order chi connectivity index (χ1) is 26.4. The number of nitrogens with two attached hydrogens (primary N) is 2. The third-order valence-corrected chi connectivity index (χ3v) is 8.75. The molecule has 8 atom stereocenters. The van der Waals surface area contributed by atoms with Gasteiger partial charge in [-0.3, -0.25) is 33.6 Å². The van der Waals surface area contributed by atoms with Crippen molar-refractivity contribution in [2.24, 2.45) is 11.5 Å².